The predicted octanol–water partition coefficient (Wildman–Crippen LogP) is 3.08. The summed E-state index contributed by atoms with van der Waals surface area (Å²) in [6.07, 6.45) is 2.15. The summed E-state index contributed by atoms with van der Waals surface area (Å²) < 4.78 is 49.2. The number of carbonyl (C=O) groups is 1. The first-order chi connectivity index (χ1) is 13.7. The van der Waals surface area contributed by atoms with Crippen LogP contribution in [0.1, 0.15) is 31.0 Å². The van der Waals surface area contributed by atoms with Gasteiger partial charge < -0.3 is 5.32 Å². The van der Waals surface area contributed by atoms with Crippen LogP contribution in [-0.2, 0) is 24.7 Å². The van der Waals surface area contributed by atoms with E-state index in [2.05, 4.69) is 5.32 Å². The maximum atomic E-state index is 12.9. The molecule has 0 spiro atoms. The van der Waals surface area contributed by atoms with Crippen LogP contribution in [0.25, 0.3) is 0 Å². The quantitative estimate of drug-likeness (QED) is 0.667. The van der Waals surface area contributed by atoms with Crippen molar-refractivity contribution in [2.45, 2.75) is 37.8 Å². The minimum atomic E-state index is -3.78. The highest BCUT2D eigenvalue weighted by atomic mass is 35.5. The number of benzene rings is 2. The van der Waals surface area contributed by atoms with Crippen molar-refractivity contribution >= 4 is 43.1 Å². The Hall–Kier alpha value is -2.10. The molecule has 1 N–H and O–H groups in total. The van der Waals surface area contributed by atoms with Crippen LogP contribution in [0.2, 0.25) is 5.02 Å². The van der Waals surface area contributed by atoms with Gasteiger partial charge in [-0.3, -0.25) is 9.10 Å². The summed E-state index contributed by atoms with van der Waals surface area (Å²) in [5.41, 5.74) is 1.68. The fourth-order valence-corrected chi connectivity index (χ4v) is 5.04. The molecule has 0 fully saturated rings. The molecule has 0 aliphatic heterocycles. The highest BCUT2D eigenvalue weighted by Gasteiger charge is 2.31. The average Bonchev–Trinajstić information content (AvgIpc) is 2.62. The van der Waals surface area contributed by atoms with Gasteiger partial charge in [0.25, 0.3) is 0 Å². The SMILES string of the molecule is Cc1ccc(Cl)cc1N(C(C)C(=O)NC(C)c1ccc(S(C)(=O)=O)cc1)S(C)(=O)=O. The zero-order valence-corrected chi connectivity index (χ0v) is 19.8. The predicted molar refractivity (Wildman–Crippen MR) is 119 cm³/mol. The number of nitrogens with one attached hydrogen (secondary N) is 1. The minimum Gasteiger partial charge on any atom is -0.348 e. The van der Waals surface area contributed by atoms with Gasteiger partial charge in [-0.1, -0.05) is 29.8 Å². The molecule has 164 valence electrons. The van der Waals surface area contributed by atoms with E-state index in [0.29, 0.717) is 21.8 Å². The third-order valence-corrected chi connectivity index (χ3v) is 7.26. The smallest absolute Gasteiger partial charge is 0.244 e. The first kappa shape index (κ1) is 24.2. The molecule has 0 aliphatic rings. The number of nitrogens with zero attached hydrogens (tertiary/aromatic N) is 1. The molecular weight excluding hydrogens is 448 g/mol. The fourth-order valence-electron chi connectivity index (χ4n) is 3.02. The molecule has 10 heteroatoms. The van der Waals surface area contributed by atoms with Crippen molar-refractivity contribution in [2.75, 3.05) is 16.8 Å². The topological polar surface area (TPSA) is 101 Å². The molecule has 0 aliphatic carbocycles. The lowest BCUT2D eigenvalue weighted by Crippen LogP contribution is -2.48. The number of hydrogen-bond donors (Lipinski definition) is 1. The maximum absolute atomic E-state index is 12.9. The third-order valence-electron chi connectivity index (χ3n) is 4.66. The lowest BCUT2D eigenvalue weighted by molar-refractivity contribution is -0.122. The van der Waals surface area contributed by atoms with Gasteiger partial charge in [-0.25, -0.2) is 16.8 Å². The van der Waals surface area contributed by atoms with Crippen LogP contribution in [0.5, 0.6) is 0 Å². The Morgan fingerprint density at radius 2 is 1.57 bits per heavy atom. The van der Waals surface area contributed by atoms with Crippen LogP contribution >= 0.6 is 11.6 Å². The Kier molecular flexibility index (Phi) is 7.21. The van der Waals surface area contributed by atoms with Crippen molar-refractivity contribution in [3.05, 3.63) is 58.6 Å². The van der Waals surface area contributed by atoms with Crippen molar-refractivity contribution in [3.8, 4) is 0 Å². The Balaban J connectivity index is 2.28. The van der Waals surface area contributed by atoms with E-state index >= 15 is 0 Å². The standard InChI is InChI=1S/C20H25ClN2O5S2/c1-13-6-9-17(21)12-19(13)23(30(5,27)28)15(3)20(24)22-14(2)16-7-10-18(11-8-16)29(4,25)26/h6-12,14-15H,1-5H3,(H,22,24). The summed E-state index contributed by atoms with van der Waals surface area (Å²) in [7, 11) is -7.10. The first-order valence-electron chi connectivity index (χ1n) is 9.07. The average molecular weight is 473 g/mol. The minimum absolute atomic E-state index is 0.179. The zero-order chi connectivity index (χ0) is 22.9. The second-order valence-corrected chi connectivity index (χ2v) is 11.5. The van der Waals surface area contributed by atoms with E-state index in [9.17, 15) is 21.6 Å². The summed E-state index contributed by atoms with van der Waals surface area (Å²) in [5.74, 6) is -0.500. The lowest BCUT2D eigenvalue weighted by atomic mass is 10.1. The lowest BCUT2D eigenvalue weighted by Gasteiger charge is -2.30. The van der Waals surface area contributed by atoms with Crippen LogP contribution in [0.4, 0.5) is 5.69 Å². The molecule has 2 aromatic rings. The van der Waals surface area contributed by atoms with Crippen LogP contribution in [-0.4, -0.2) is 41.3 Å². The number of sulfone groups is 1. The summed E-state index contributed by atoms with van der Waals surface area (Å²) in [6, 6.07) is 9.51. The van der Waals surface area contributed by atoms with Crippen molar-refractivity contribution < 1.29 is 21.6 Å². The second kappa shape index (κ2) is 8.95. The van der Waals surface area contributed by atoms with Crippen molar-refractivity contribution in [1.82, 2.24) is 5.32 Å². The van der Waals surface area contributed by atoms with Gasteiger partial charge in [0, 0.05) is 11.3 Å². The Labute approximate surface area is 183 Å². The van der Waals surface area contributed by atoms with Crippen LogP contribution in [0.3, 0.4) is 0 Å². The molecule has 0 radical (unpaired) electrons. The maximum Gasteiger partial charge on any atom is 0.244 e. The van der Waals surface area contributed by atoms with Crippen molar-refractivity contribution in [1.29, 1.82) is 0 Å². The van der Waals surface area contributed by atoms with E-state index in [0.717, 1.165) is 16.8 Å². The monoisotopic (exact) mass is 472 g/mol. The summed E-state index contributed by atoms with van der Waals surface area (Å²) in [4.78, 5) is 13.0. The molecule has 2 unspecified atom stereocenters. The van der Waals surface area contributed by atoms with Crippen LogP contribution in [0.15, 0.2) is 47.4 Å². The Bertz CT molecular complexity index is 1150. The van der Waals surface area contributed by atoms with Gasteiger partial charge in [0.15, 0.2) is 9.84 Å². The first-order valence-corrected chi connectivity index (χ1v) is 13.2. The highest BCUT2D eigenvalue weighted by molar-refractivity contribution is 7.92. The second-order valence-electron chi connectivity index (χ2n) is 7.24. The number of sulfonamides is 1. The van der Waals surface area contributed by atoms with E-state index in [4.69, 9.17) is 11.6 Å². The number of amides is 1. The molecule has 0 bridgehead atoms. The summed E-state index contributed by atoms with van der Waals surface area (Å²) in [6.45, 7) is 4.96. The van der Waals surface area contributed by atoms with Gasteiger partial charge in [0.1, 0.15) is 6.04 Å². The van der Waals surface area contributed by atoms with E-state index in [-0.39, 0.29) is 4.90 Å². The van der Waals surface area contributed by atoms with Gasteiger partial charge in [0.2, 0.25) is 15.9 Å². The number of rotatable bonds is 7. The molecule has 0 saturated heterocycles. The van der Waals surface area contributed by atoms with Crippen LogP contribution in [0, 0.1) is 6.92 Å². The number of halogens is 1. The van der Waals surface area contributed by atoms with Gasteiger partial charge >= 0.3 is 0 Å². The number of hydrogen-bond acceptors (Lipinski definition) is 5. The Morgan fingerprint density at radius 1 is 1.00 bits per heavy atom. The third kappa shape index (κ3) is 5.74. The number of anilines is 1. The van der Waals surface area contributed by atoms with Gasteiger partial charge in [-0.05, 0) is 56.2 Å². The molecule has 1 amide bonds. The van der Waals surface area contributed by atoms with Gasteiger partial charge in [0.05, 0.1) is 22.9 Å². The molecule has 7 nitrogen and oxygen atoms in total. The van der Waals surface area contributed by atoms with Gasteiger partial charge in [-0.2, -0.15) is 0 Å². The number of aryl methyl sites for hydroxylation is 1. The van der Waals surface area contributed by atoms with E-state index < -0.39 is 37.9 Å². The normalized spacial score (nSPS) is 14.1. The van der Waals surface area contributed by atoms with E-state index in [1.807, 2.05) is 0 Å². The molecule has 0 saturated carbocycles. The van der Waals surface area contributed by atoms with Gasteiger partial charge in [-0.15, -0.1) is 0 Å². The Morgan fingerprint density at radius 3 is 2.07 bits per heavy atom. The molecule has 0 heterocycles. The molecule has 30 heavy (non-hydrogen) atoms. The molecular formula is C20H25ClN2O5S2. The number of carbonyl (C=O) groups excluding carboxylic acids is 1. The van der Waals surface area contributed by atoms with Crippen LogP contribution < -0.4 is 9.62 Å². The molecule has 2 aromatic carbocycles. The largest absolute Gasteiger partial charge is 0.348 e. The van der Waals surface area contributed by atoms with E-state index in [1.165, 1.54) is 25.1 Å². The summed E-state index contributed by atoms with van der Waals surface area (Å²) in [5, 5.41) is 3.14. The molecule has 0 aromatic heterocycles. The fraction of sp³-hybridized carbons (Fsp3) is 0.350. The molecule has 2 rings (SSSR count). The highest BCUT2D eigenvalue weighted by Crippen LogP contribution is 2.28. The zero-order valence-electron chi connectivity index (χ0n) is 17.4. The van der Waals surface area contributed by atoms with E-state index in [1.54, 1.807) is 38.1 Å². The summed E-state index contributed by atoms with van der Waals surface area (Å²) >= 11 is 6.04. The molecule has 2 atom stereocenters. The van der Waals surface area contributed by atoms with Crippen molar-refractivity contribution in [3.63, 3.8) is 0 Å². The van der Waals surface area contributed by atoms with Crippen molar-refractivity contribution in [2.24, 2.45) is 0 Å².